The van der Waals surface area contributed by atoms with Gasteiger partial charge < -0.3 is 19.7 Å². The Labute approximate surface area is 104 Å². The highest BCUT2D eigenvalue weighted by molar-refractivity contribution is 5.92. The number of aliphatic carboxylic acids is 1. The molecule has 1 aromatic carbocycles. The molecule has 6 heteroatoms. The summed E-state index contributed by atoms with van der Waals surface area (Å²) in [6.07, 6.45) is 0. The summed E-state index contributed by atoms with van der Waals surface area (Å²) in [5.41, 5.74) is -1.71. The molecule has 0 aliphatic rings. The van der Waals surface area contributed by atoms with Gasteiger partial charge in [0, 0.05) is 0 Å². The number of rotatable bonds is 5. The fraction of sp³-hybridized carbons (Fsp3) is 0.333. The maximum absolute atomic E-state index is 11.1. The fourth-order valence-electron chi connectivity index (χ4n) is 1.25. The lowest BCUT2D eigenvalue weighted by atomic mass is 10.1. The molecule has 0 aromatic heterocycles. The van der Waals surface area contributed by atoms with Crippen LogP contribution in [0.3, 0.4) is 0 Å². The van der Waals surface area contributed by atoms with Crippen LogP contribution in [0.5, 0.6) is 11.5 Å². The zero-order chi connectivity index (χ0) is 13.9. The number of methoxy groups -OCH3 is 1. The van der Waals surface area contributed by atoms with E-state index in [1.54, 1.807) is 0 Å². The van der Waals surface area contributed by atoms with E-state index in [4.69, 9.17) is 19.7 Å². The Kier molecular flexibility index (Phi) is 3.80. The van der Waals surface area contributed by atoms with Crippen molar-refractivity contribution < 1.29 is 29.3 Å². The van der Waals surface area contributed by atoms with Gasteiger partial charge in [-0.1, -0.05) is 6.07 Å². The van der Waals surface area contributed by atoms with E-state index >= 15 is 0 Å². The normalized spacial score (nSPS) is 10.8. The molecule has 98 valence electrons. The molecule has 2 N–H and O–H groups in total. The molecular formula is C12H14O6. The Morgan fingerprint density at radius 2 is 1.83 bits per heavy atom. The van der Waals surface area contributed by atoms with E-state index in [9.17, 15) is 9.59 Å². The molecule has 0 saturated carbocycles. The standard InChI is InChI=1S/C12H14O6/c1-12(2,11(15)16)18-9-7(10(13)14)5-4-6-8(9)17-3/h4-6H,1-3H3,(H,13,14)(H,15,16). The van der Waals surface area contributed by atoms with E-state index in [1.165, 1.54) is 39.2 Å². The summed E-state index contributed by atoms with van der Waals surface area (Å²) in [5, 5.41) is 18.0. The van der Waals surface area contributed by atoms with Gasteiger partial charge in [0.25, 0.3) is 0 Å². The predicted molar refractivity (Wildman–Crippen MR) is 62.3 cm³/mol. The molecule has 0 fully saturated rings. The van der Waals surface area contributed by atoms with Crippen LogP contribution in [-0.4, -0.2) is 34.9 Å². The summed E-state index contributed by atoms with van der Waals surface area (Å²) in [5.74, 6) is -2.35. The molecule has 18 heavy (non-hydrogen) atoms. The number of para-hydroxylation sites is 1. The van der Waals surface area contributed by atoms with Gasteiger partial charge >= 0.3 is 11.9 Å². The second-order valence-corrected chi connectivity index (χ2v) is 4.06. The zero-order valence-electron chi connectivity index (χ0n) is 10.3. The second-order valence-electron chi connectivity index (χ2n) is 4.06. The van der Waals surface area contributed by atoms with Gasteiger partial charge in [-0.2, -0.15) is 0 Å². The monoisotopic (exact) mass is 254 g/mol. The summed E-state index contributed by atoms with van der Waals surface area (Å²) in [7, 11) is 1.35. The van der Waals surface area contributed by atoms with Crippen molar-refractivity contribution in [1.29, 1.82) is 0 Å². The summed E-state index contributed by atoms with van der Waals surface area (Å²) in [4.78, 5) is 22.1. The van der Waals surface area contributed by atoms with Crippen molar-refractivity contribution in [3.05, 3.63) is 23.8 Å². The number of hydrogen-bond donors (Lipinski definition) is 2. The third-order valence-corrected chi connectivity index (χ3v) is 2.30. The van der Waals surface area contributed by atoms with E-state index in [-0.39, 0.29) is 17.1 Å². The van der Waals surface area contributed by atoms with Crippen molar-refractivity contribution in [1.82, 2.24) is 0 Å². The summed E-state index contributed by atoms with van der Waals surface area (Å²) in [6, 6.07) is 4.31. The fourth-order valence-corrected chi connectivity index (χ4v) is 1.25. The molecule has 0 saturated heterocycles. The van der Waals surface area contributed by atoms with Crippen molar-refractivity contribution in [2.75, 3.05) is 7.11 Å². The van der Waals surface area contributed by atoms with Crippen LogP contribution in [0, 0.1) is 0 Å². The summed E-state index contributed by atoms with van der Waals surface area (Å²) >= 11 is 0. The van der Waals surface area contributed by atoms with Crippen molar-refractivity contribution in [3.63, 3.8) is 0 Å². The molecule has 0 radical (unpaired) electrons. The van der Waals surface area contributed by atoms with Crippen LogP contribution in [-0.2, 0) is 4.79 Å². The number of carboxylic acids is 2. The minimum atomic E-state index is -1.56. The highest BCUT2D eigenvalue weighted by Crippen LogP contribution is 2.34. The van der Waals surface area contributed by atoms with E-state index in [0.717, 1.165) is 0 Å². The molecule has 0 atom stereocenters. The molecule has 1 aromatic rings. The van der Waals surface area contributed by atoms with Gasteiger partial charge in [-0.3, -0.25) is 0 Å². The first-order valence-electron chi connectivity index (χ1n) is 5.12. The number of aromatic carboxylic acids is 1. The van der Waals surface area contributed by atoms with Crippen LogP contribution in [0.15, 0.2) is 18.2 Å². The molecule has 0 heterocycles. The molecule has 0 amide bonds. The molecular weight excluding hydrogens is 240 g/mol. The smallest absolute Gasteiger partial charge is 0.347 e. The lowest BCUT2D eigenvalue weighted by Crippen LogP contribution is -2.38. The van der Waals surface area contributed by atoms with Crippen molar-refractivity contribution in [3.8, 4) is 11.5 Å². The molecule has 0 unspecified atom stereocenters. The Bertz CT molecular complexity index is 477. The highest BCUT2D eigenvalue weighted by Gasteiger charge is 2.32. The number of hydrogen-bond acceptors (Lipinski definition) is 4. The van der Waals surface area contributed by atoms with Crippen LogP contribution in [0.4, 0.5) is 0 Å². The number of carbonyl (C=O) groups is 2. The van der Waals surface area contributed by atoms with Gasteiger partial charge in [-0.15, -0.1) is 0 Å². The van der Waals surface area contributed by atoms with E-state index < -0.39 is 17.5 Å². The Hall–Kier alpha value is -2.24. The van der Waals surface area contributed by atoms with Crippen molar-refractivity contribution >= 4 is 11.9 Å². The molecule has 0 aliphatic carbocycles. The third-order valence-electron chi connectivity index (χ3n) is 2.30. The largest absolute Gasteiger partial charge is 0.493 e. The zero-order valence-corrected chi connectivity index (χ0v) is 10.3. The van der Waals surface area contributed by atoms with Crippen LogP contribution < -0.4 is 9.47 Å². The van der Waals surface area contributed by atoms with Crippen LogP contribution in [0.25, 0.3) is 0 Å². The van der Waals surface area contributed by atoms with Gasteiger partial charge in [0.05, 0.1) is 7.11 Å². The minimum absolute atomic E-state index is 0.0973. The Morgan fingerprint density at radius 3 is 2.28 bits per heavy atom. The van der Waals surface area contributed by atoms with Gasteiger partial charge in [0.2, 0.25) is 0 Å². The first kappa shape index (κ1) is 13.8. The van der Waals surface area contributed by atoms with Gasteiger partial charge in [-0.05, 0) is 26.0 Å². The van der Waals surface area contributed by atoms with E-state index in [2.05, 4.69) is 0 Å². The molecule has 0 aliphatic heterocycles. The summed E-state index contributed by atoms with van der Waals surface area (Å²) < 4.78 is 10.3. The minimum Gasteiger partial charge on any atom is -0.493 e. The van der Waals surface area contributed by atoms with E-state index in [1.807, 2.05) is 0 Å². The maximum atomic E-state index is 11.1. The first-order valence-corrected chi connectivity index (χ1v) is 5.12. The van der Waals surface area contributed by atoms with E-state index in [0.29, 0.717) is 0 Å². The Morgan fingerprint density at radius 1 is 1.22 bits per heavy atom. The van der Waals surface area contributed by atoms with Crippen molar-refractivity contribution in [2.24, 2.45) is 0 Å². The molecule has 1 rings (SSSR count). The molecule has 6 nitrogen and oxygen atoms in total. The summed E-state index contributed by atoms with van der Waals surface area (Å²) in [6.45, 7) is 2.65. The van der Waals surface area contributed by atoms with Crippen LogP contribution in [0.1, 0.15) is 24.2 Å². The third kappa shape index (κ3) is 2.71. The maximum Gasteiger partial charge on any atom is 0.347 e. The van der Waals surface area contributed by atoms with Gasteiger partial charge in [-0.25, -0.2) is 9.59 Å². The lowest BCUT2D eigenvalue weighted by Gasteiger charge is -2.23. The van der Waals surface area contributed by atoms with Crippen molar-refractivity contribution in [2.45, 2.75) is 19.4 Å². The average Bonchev–Trinajstić information content (AvgIpc) is 2.28. The predicted octanol–water partition coefficient (Wildman–Crippen LogP) is 1.64. The van der Waals surface area contributed by atoms with Crippen LogP contribution >= 0.6 is 0 Å². The number of benzene rings is 1. The molecule has 0 spiro atoms. The number of carboxylic acid groups (broad SMARTS) is 2. The second kappa shape index (κ2) is 4.95. The topological polar surface area (TPSA) is 93.1 Å². The number of ether oxygens (including phenoxy) is 2. The first-order chi connectivity index (χ1) is 8.29. The van der Waals surface area contributed by atoms with Gasteiger partial charge in [0.1, 0.15) is 5.56 Å². The highest BCUT2D eigenvalue weighted by atomic mass is 16.5. The lowest BCUT2D eigenvalue weighted by molar-refractivity contribution is -0.152. The Balaban J connectivity index is 3.29. The molecule has 0 bridgehead atoms. The van der Waals surface area contributed by atoms with Crippen LogP contribution in [0.2, 0.25) is 0 Å². The SMILES string of the molecule is COc1cccc(C(=O)O)c1OC(C)(C)C(=O)O. The van der Waals surface area contributed by atoms with Gasteiger partial charge in [0.15, 0.2) is 17.1 Å². The average molecular weight is 254 g/mol. The quantitative estimate of drug-likeness (QED) is 0.829.